The van der Waals surface area contributed by atoms with Crippen LogP contribution in [0.4, 0.5) is 0 Å². The van der Waals surface area contributed by atoms with Gasteiger partial charge >= 0.3 is 0 Å². The van der Waals surface area contributed by atoms with E-state index in [4.69, 9.17) is 24.1 Å². The van der Waals surface area contributed by atoms with E-state index in [1.807, 2.05) is 12.1 Å². The van der Waals surface area contributed by atoms with E-state index in [0.29, 0.717) is 17.1 Å². The Balaban J connectivity index is 0.00000101. The molecule has 0 saturated carbocycles. The molecule has 30 heavy (non-hydrogen) atoms. The number of ether oxygens (including phenoxy) is 3. The number of nitrogens with one attached hydrogen (secondary N) is 2. The Bertz CT molecular complexity index is 861. The normalized spacial score (nSPS) is 17.6. The Labute approximate surface area is 173 Å². The molecule has 1 fully saturated rings. The Hall–Kier alpha value is -3.66. The number of carboxylic acid groups (broad SMARTS) is 1. The average Bonchev–Trinajstić information content (AvgIpc) is 2.78. The zero-order valence-electron chi connectivity index (χ0n) is 16.5. The van der Waals surface area contributed by atoms with Crippen molar-refractivity contribution in [2.75, 3.05) is 20.8 Å². The molecule has 1 aromatic heterocycles. The summed E-state index contributed by atoms with van der Waals surface area (Å²) in [5.41, 5.74) is 1.41. The molecule has 1 aromatic carbocycles. The van der Waals surface area contributed by atoms with E-state index in [1.54, 1.807) is 30.5 Å². The van der Waals surface area contributed by atoms with Crippen LogP contribution in [0.1, 0.15) is 17.3 Å². The lowest BCUT2D eigenvalue weighted by molar-refractivity contribution is -0.148. The molecular formula is C20H23N3O7. The van der Waals surface area contributed by atoms with E-state index in [9.17, 15) is 9.59 Å². The third-order valence-corrected chi connectivity index (χ3v) is 4.21. The number of pyridine rings is 1. The van der Waals surface area contributed by atoms with E-state index in [1.165, 1.54) is 14.2 Å². The van der Waals surface area contributed by atoms with Crippen molar-refractivity contribution in [3.05, 3.63) is 53.9 Å². The van der Waals surface area contributed by atoms with Crippen molar-refractivity contribution in [1.82, 2.24) is 15.6 Å². The monoisotopic (exact) mass is 417 g/mol. The van der Waals surface area contributed by atoms with Crippen molar-refractivity contribution in [2.24, 2.45) is 0 Å². The molecule has 10 heteroatoms. The number of amides is 2. The van der Waals surface area contributed by atoms with Crippen LogP contribution in [-0.4, -0.2) is 55.3 Å². The number of hydrogen-bond acceptors (Lipinski definition) is 7. The summed E-state index contributed by atoms with van der Waals surface area (Å²) in [5, 5.41) is 12.5. The zero-order valence-corrected chi connectivity index (χ0v) is 16.5. The number of morpholine rings is 1. The molecule has 160 valence electrons. The van der Waals surface area contributed by atoms with Gasteiger partial charge in [0.25, 0.3) is 12.4 Å². The number of carbonyl (C=O) groups excluding carboxylic acids is 2. The quantitative estimate of drug-likeness (QED) is 0.584. The number of benzene rings is 1. The van der Waals surface area contributed by atoms with Crippen molar-refractivity contribution in [1.29, 1.82) is 0 Å². The Kier molecular flexibility index (Phi) is 8.57. The lowest BCUT2D eigenvalue weighted by atomic mass is 9.98. The Morgan fingerprint density at radius 3 is 2.67 bits per heavy atom. The van der Waals surface area contributed by atoms with Crippen molar-refractivity contribution in [3.63, 3.8) is 0 Å². The summed E-state index contributed by atoms with van der Waals surface area (Å²) >= 11 is 0. The number of carbonyl (C=O) groups is 3. The lowest BCUT2D eigenvalue weighted by Gasteiger charge is -2.32. The molecule has 10 nitrogen and oxygen atoms in total. The van der Waals surface area contributed by atoms with Gasteiger partial charge in [0.1, 0.15) is 6.61 Å². The summed E-state index contributed by atoms with van der Waals surface area (Å²) < 4.78 is 16.1. The van der Waals surface area contributed by atoms with E-state index in [0.717, 1.165) is 5.69 Å². The summed E-state index contributed by atoms with van der Waals surface area (Å²) in [4.78, 5) is 37.0. The molecule has 0 unspecified atom stereocenters. The molecular weight excluding hydrogens is 394 g/mol. The van der Waals surface area contributed by atoms with Crippen molar-refractivity contribution in [3.8, 4) is 11.5 Å². The first-order chi connectivity index (χ1) is 14.5. The molecule has 0 bridgehead atoms. The molecule has 0 radical (unpaired) electrons. The van der Waals surface area contributed by atoms with Gasteiger partial charge in [0.2, 0.25) is 5.91 Å². The number of methoxy groups -OCH3 is 2. The topological polar surface area (TPSA) is 136 Å². The molecule has 0 aliphatic carbocycles. The second-order valence-corrected chi connectivity index (χ2v) is 6.04. The molecule has 2 aromatic rings. The maximum atomic E-state index is 12.7. The van der Waals surface area contributed by atoms with Crippen LogP contribution in [-0.2, 0) is 25.7 Å². The maximum Gasteiger partial charge on any atom is 0.290 e. The van der Waals surface area contributed by atoms with Crippen molar-refractivity contribution < 1.29 is 33.7 Å². The van der Waals surface area contributed by atoms with Crippen molar-refractivity contribution >= 4 is 18.3 Å². The lowest BCUT2D eigenvalue weighted by Crippen LogP contribution is -2.52. The predicted octanol–water partition coefficient (Wildman–Crippen LogP) is 0.672. The summed E-state index contributed by atoms with van der Waals surface area (Å²) in [6.45, 7) is -0.155. The van der Waals surface area contributed by atoms with Crippen molar-refractivity contribution in [2.45, 2.75) is 18.7 Å². The van der Waals surface area contributed by atoms with Crippen LogP contribution in [0.25, 0.3) is 0 Å². The van der Waals surface area contributed by atoms with E-state index in [2.05, 4.69) is 15.6 Å². The first-order valence-corrected chi connectivity index (χ1v) is 8.92. The average molecular weight is 417 g/mol. The molecule has 1 aliphatic rings. The first kappa shape index (κ1) is 22.6. The van der Waals surface area contributed by atoms with Crippen LogP contribution in [0, 0.1) is 0 Å². The molecule has 0 spiro atoms. The highest BCUT2D eigenvalue weighted by molar-refractivity contribution is 5.86. The fourth-order valence-corrected chi connectivity index (χ4v) is 2.86. The van der Waals surface area contributed by atoms with Gasteiger partial charge < -0.3 is 30.0 Å². The van der Waals surface area contributed by atoms with E-state index >= 15 is 0 Å². The highest BCUT2D eigenvalue weighted by atomic mass is 16.5. The maximum absolute atomic E-state index is 12.7. The third-order valence-electron chi connectivity index (χ3n) is 4.21. The molecule has 2 atom stereocenters. The summed E-state index contributed by atoms with van der Waals surface area (Å²) in [6, 6.07) is 10.0. The largest absolute Gasteiger partial charge is 0.493 e. The van der Waals surface area contributed by atoms with Crippen LogP contribution in [0.2, 0.25) is 0 Å². The molecule has 2 amide bonds. The van der Waals surface area contributed by atoms with Gasteiger partial charge in [-0.15, -0.1) is 0 Å². The minimum atomic E-state index is -0.871. The predicted molar refractivity (Wildman–Crippen MR) is 105 cm³/mol. The van der Waals surface area contributed by atoms with Crippen LogP contribution in [0.5, 0.6) is 11.5 Å². The van der Waals surface area contributed by atoms with E-state index < -0.39 is 12.1 Å². The van der Waals surface area contributed by atoms with Crippen LogP contribution in [0.3, 0.4) is 0 Å². The standard InChI is InChI=1S/C19H21N3O5.CH2O2/c1-25-14-7-6-12(9-15(14)26-2)17-18(27-11-16(23)22-17)19(24)21-10-13-5-3-4-8-20-13;2-1-3/h3-9,17-18H,10-11H2,1-2H3,(H,21,24)(H,22,23);1H,(H,2,3)/t17-,18+;/m1./s1. The van der Waals surface area contributed by atoms with Crippen LogP contribution in [0.15, 0.2) is 42.6 Å². The number of aromatic nitrogens is 1. The van der Waals surface area contributed by atoms with Crippen LogP contribution < -0.4 is 20.1 Å². The van der Waals surface area contributed by atoms with Crippen LogP contribution >= 0.6 is 0 Å². The van der Waals surface area contributed by atoms with Gasteiger partial charge in [-0.25, -0.2) is 0 Å². The highest BCUT2D eigenvalue weighted by Gasteiger charge is 2.36. The Morgan fingerprint density at radius 1 is 1.30 bits per heavy atom. The highest BCUT2D eigenvalue weighted by Crippen LogP contribution is 2.32. The van der Waals surface area contributed by atoms with E-state index in [-0.39, 0.29) is 31.4 Å². The SMILES string of the molecule is COc1ccc([C@H]2NC(=O)CO[C@@H]2C(=O)NCc2ccccn2)cc1OC.O=CO. The summed E-state index contributed by atoms with van der Waals surface area (Å²) in [6.07, 6.45) is 0.787. The van der Waals surface area contributed by atoms with Gasteiger partial charge in [-0.05, 0) is 29.8 Å². The fourth-order valence-electron chi connectivity index (χ4n) is 2.86. The minimum Gasteiger partial charge on any atom is -0.493 e. The third kappa shape index (κ3) is 5.92. The van der Waals surface area contributed by atoms with Gasteiger partial charge in [0, 0.05) is 6.20 Å². The number of rotatable bonds is 6. The number of nitrogens with zero attached hydrogens (tertiary/aromatic N) is 1. The second kappa shape index (κ2) is 11.4. The summed E-state index contributed by atoms with van der Waals surface area (Å²) in [5.74, 6) is 0.437. The van der Waals surface area contributed by atoms with Gasteiger partial charge in [-0.1, -0.05) is 12.1 Å². The second-order valence-electron chi connectivity index (χ2n) is 6.04. The molecule has 3 N–H and O–H groups in total. The minimum absolute atomic E-state index is 0.175. The molecule has 3 rings (SSSR count). The van der Waals surface area contributed by atoms with Gasteiger partial charge in [-0.3, -0.25) is 19.4 Å². The molecule has 1 aliphatic heterocycles. The van der Waals surface area contributed by atoms with Gasteiger partial charge in [0.05, 0.1) is 32.5 Å². The molecule has 1 saturated heterocycles. The Morgan fingerprint density at radius 2 is 2.03 bits per heavy atom. The van der Waals surface area contributed by atoms with Gasteiger partial charge in [-0.2, -0.15) is 0 Å². The molecule has 2 heterocycles. The first-order valence-electron chi connectivity index (χ1n) is 8.92. The fraction of sp³-hybridized carbons (Fsp3) is 0.300. The number of hydrogen-bond donors (Lipinski definition) is 3. The summed E-state index contributed by atoms with van der Waals surface area (Å²) in [7, 11) is 3.06. The zero-order chi connectivity index (χ0) is 21.9. The smallest absolute Gasteiger partial charge is 0.290 e. The van der Waals surface area contributed by atoms with Gasteiger partial charge in [0.15, 0.2) is 17.6 Å².